The van der Waals surface area contributed by atoms with Crippen molar-refractivity contribution in [3.63, 3.8) is 0 Å². The lowest BCUT2D eigenvalue weighted by atomic mass is 10.1. The lowest BCUT2D eigenvalue weighted by Gasteiger charge is -2.21. The van der Waals surface area contributed by atoms with Crippen LogP contribution in [-0.4, -0.2) is 40.1 Å². The third-order valence-electron chi connectivity index (χ3n) is 3.77. The van der Waals surface area contributed by atoms with Crippen LogP contribution < -0.4 is 5.32 Å². The Kier molecular flexibility index (Phi) is 5.40. The van der Waals surface area contributed by atoms with Gasteiger partial charge in [-0.3, -0.25) is 0 Å². The summed E-state index contributed by atoms with van der Waals surface area (Å²) in [5.41, 5.74) is 1.29. The minimum atomic E-state index is 0.519. The SMILES string of the molecule is CC(CN1CCCC1)Cn1cncc1CNC(C)C. The smallest absolute Gasteiger partial charge is 0.0948 e. The number of likely N-dealkylation sites (tertiary alicyclic amines) is 1. The molecule has 0 aliphatic carbocycles. The van der Waals surface area contributed by atoms with Gasteiger partial charge in [0.05, 0.1) is 12.0 Å². The van der Waals surface area contributed by atoms with E-state index in [9.17, 15) is 0 Å². The molecule has 1 aliphatic heterocycles. The molecular weight excluding hydrogens is 236 g/mol. The summed E-state index contributed by atoms with van der Waals surface area (Å²) in [6.45, 7) is 12.5. The highest BCUT2D eigenvalue weighted by Crippen LogP contribution is 2.12. The summed E-state index contributed by atoms with van der Waals surface area (Å²) in [4.78, 5) is 6.89. The number of rotatable bonds is 7. The first-order valence-corrected chi connectivity index (χ1v) is 7.60. The van der Waals surface area contributed by atoms with Crippen LogP contribution in [0, 0.1) is 5.92 Å². The van der Waals surface area contributed by atoms with Gasteiger partial charge in [-0.25, -0.2) is 4.98 Å². The molecular formula is C15H28N4. The zero-order chi connectivity index (χ0) is 13.7. The third-order valence-corrected chi connectivity index (χ3v) is 3.77. The predicted molar refractivity (Wildman–Crippen MR) is 79.0 cm³/mol. The van der Waals surface area contributed by atoms with E-state index < -0.39 is 0 Å². The van der Waals surface area contributed by atoms with Gasteiger partial charge in [-0.1, -0.05) is 20.8 Å². The second-order valence-electron chi connectivity index (χ2n) is 6.19. The molecule has 108 valence electrons. The quantitative estimate of drug-likeness (QED) is 0.819. The van der Waals surface area contributed by atoms with Crippen molar-refractivity contribution in [2.75, 3.05) is 19.6 Å². The molecule has 2 rings (SSSR count). The van der Waals surface area contributed by atoms with Gasteiger partial charge in [-0.2, -0.15) is 0 Å². The van der Waals surface area contributed by atoms with Crippen molar-refractivity contribution in [2.24, 2.45) is 5.92 Å². The first-order chi connectivity index (χ1) is 9.15. The molecule has 0 spiro atoms. The van der Waals surface area contributed by atoms with Gasteiger partial charge < -0.3 is 14.8 Å². The maximum atomic E-state index is 4.29. The summed E-state index contributed by atoms with van der Waals surface area (Å²) < 4.78 is 2.30. The van der Waals surface area contributed by atoms with E-state index in [0.29, 0.717) is 12.0 Å². The number of nitrogens with zero attached hydrogens (tertiary/aromatic N) is 3. The fraction of sp³-hybridized carbons (Fsp3) is 0.800. The van der Waals surface area contributed by atoms with Gasteiger partial charge >= 0.3 is 0 Å². The van der Waals surface area contributed by atoms with Gasteiger partial charge in [0.2, 0.25) is 0 Å². The fourth-order valence-corrected chi connectivity index (χ4v) is 2.77. The van der Waals surface area contributed by atoms with Crippen LogP contribution in [0.1, 0.15) is 39.3 Å². The van der Waals surface area contributed by atoms with Gasteiger partial charge in [0.15, 0.2) is 0 Å². The molecule has 1 fully saturated rings. The van der Waals surface area contributed by atoms with Crippen LogP contribution in [0.15, 0.2) is 12.5 Å². The molecule has 1 saturated heterocycles. The molecule has 1 N–H and O–H groups in total. The van der Waals surface area contributed by atoms with Crippen molar-refractivity contribution in [2.45, 2.75) is 52.7 Å². The third kappa shape index (κ3) is 4.62. The number of hydrogen-bond acceptors (Lipinski definition) is 3. The van der Waals surface area contributed by atoms with Crippen LogP contribution in [0.25, 0.3) is 0 Å². The molecule has 0 bridgehead atoms. The molecule has 2 heterocycles. The molecule has 19 heavy (non-hydrogen) atoms. The molecule has 1 aliphatic rings. The highest BCUT2D eigenvalue weighted by Gasteiger charge is 2.15. The van der Waals surface area contributed by atoms with Crippen molar-refractivity contribution in [1.82, 2.24) is 19.8 Å². The van der Waals surface area contributed by atoms with E-state index in [0.717, 1.165) is 13.1 Å². The number of aromatic nitrogens is 2. The molecule has 0 aromatic carbocycles. The molecule has 4 nitrogen and oxygen atoms in total. The highest BCUT2D eigenvalue weighted by atomic mass is 15.1. The van der Waals surface area contributed by atoms with Crippen LogP contribution in [0.3, 0.4) is 0 Å². The Morgan fingerprint density at radius 3 is 2.63 bits per heavy atom. The zero-order valence-corrected chi connectivity index (χ0v) is 12.6. The van der Waals surface area contributed by atoms with Gasteiger partial charge in [0.25, 0.3) is 0 Å². The predicted octanol–water partition coefficient (Wildman–Crippen LogP) is 2.11. The maximum absolute atomic E-state index is 4.29. The largest absolute Gasteiger partial charge is 0.333 e. The molecule has 0 saturated carbocycles. The molecule has 1 aromatic rings. The average molecular weight is 264 g/mol. The lowest BCUT2D eigenvalue weighted by Crippen LogP contribution is -2.28. The van der Waals surface area contributed by atoms with Crippen molar-refractivity contribution < 1.29 is 0 Å². The van der Waals surface area contributed by atoms with E-state index >= 15 is 0 Å². The summed E-state index contributed by atoms with van der Waals surface area (Å²) in [6.07, 6.45) is 6.71. The lowest BCUT2D eigenvalue weighted by molar-refractivity contribution is 0.270. The molecule has 0 amide bonds. The van der Waals surface area contributed by atoms with E-state index in [1.54, 1.807) is 0 Å². The first kappa shape index (κ1) is 14.5. The molecule has 1 atom stereocenters. The van der Waals surface area contributed by atoms with Crippen molar-refractivity contribution in [3.8, 4) is 0 Å². The standard InChI is InChI=1S/C15H28N4/c1-13(2)17-9-15-8-16-12-19(15)11-14(3)10-18-6-4-5-7-18/h8,12-14,17H,4-7,9-11H2,1-3H3. The Balaban J connectivity index is 1.82. The zero-order valence-electron chi connectivity index (χ0n) is 12.6. The van der Waals surface area contributed by atoms with Crippen LogP contribution in [-0.2, 0) is 13.1 Å². The monoisotopic (exact) mass is 264 g/mol. The van der Waals surface area contributed by atoms with Gasteiger partial charge in [0, 0.05) is 31.9 Å². The minimum Gasteiger partial charge on any atom is -0.333 e. The second kappa shape index (κ2) is 7.06. The summed E-state index contributed by atoms with van der Waals surface area (Å²) in [6, 6.07) is 0.519. The fourth-order valence-electron chi connectivity index (χ4n) is 2.77. The van der Waals surface area contributed by atoms with Crippen LogP contribution in [0.4, 0.5) is 0 Å². The van der Waals surface area contributed by atoms with Crippen LogP contribution >= 0.6 is 0 Å². The van der Waals surface area contributed by atoms with Crippen molar-refractivity contribution >= 4 is 0 Å². The van der Waals surface area contributed by atoms with Crippen LogP contribution in [0.5, 0.6) is 0 Å². The topological polar surface area (TPSA) is 33.1 Å². The van der Waals surface area contributed by atoms with Gasteiger partial charge in [0.1, 0.15) is 0 Å². The normalized spacial score (nSPS) is 18.3. The summed E-state index contributed by atoms with van der Waals surface area (Å²) in [7, 11) is 0. The van der Waals surface area contributed by atoms with Gasteiger partial charge in [-0.15, -0.1) is 0 Å². The Morgan fingerprint density at radius 2 is 1.95 bits per heavy atom. The Labute approximate surface area is 117 Å². The van der Waals surface area contributed by atoms with E-state index in [-0.39, 0.29) is 0 Å². The van der Waals surface area contributed by atoms with E-state index in [1.165, 1.54) is 38.2 Å². The van der Waals surface area contributed by atoms with Gasteiger partial charge in [-0.05, 0) is 31.8 Å². The molecule has 0 radical (unpaired) electrons. The maximum Gasteiger partial charge on any atom is 0.0948 e. The summed E-state index contributed by atoms with van der Waals surface area (Å²) >= 11 is 0. The molecule has 4 heteroatoms. The highest BCUT2D eigenvalue weighted by molar-refractivity contribution is 4.98. The van der Waals surface area contributed by atoms with Crippen molar-refractivity contribution in [3.05, 3.63) is 18.2 Å². The summed E-state index contributed by atoms with van der Waals surface area (Å²) in [5, 5.41) is 3.46. The Hall–Kier alpha value is -0.870. The average Bonchev–Trinajstić information content (AvgIpc) is 2.98. The van der Waals surface area contributed by atoms with Crippen molar-refractivity contribution in [1.29, 1.82) is 0 Å². The van der Waals surface area contributed by atoms with E-state index in [2.05, 4.69) is 40.5 Å². The second-order valence-corrected chi connectivity index (χ2v) is 6.19. The first-order valence-electron chi connectivity index (χ1n) is 7.60. The molecule has 1 aromatic heterocycles. The van der Waals surface area contributed by atoms with E-state index in [4.69, 9.17) is 0 Å². The van der Waals surface area contributed by atoms with Crippen LogP contribution in [0.2, 0.25) is 0 Å². The van der Waals surface area contributed by atoms with E-state index in [1.807, 2.05) is 12.5 Å². The minimum absolute atomic E-state index is 0.519. The Morgan fingerprint density at radius 1 is 1.21 bits per heavy atom. The number of imidazole rings is 1. The summed E-state index contributed by atoms with van der Waals surface area (Å²) in [5.74, 6) is 0.685. The number of hydrogen-bond donors (Lipinski definition) is 1. The Bertz CT molecular complexity index is 366. The molecule has 1 unspecified atom stereocenters. The number of nitrogens with one attached hydrogen (secondary N) is 1.